The van der Waals surface area contributed by atoms with Gasteiger partial charge in [-0.3, -0.25) is 0 Å². The molecule has 0 aromatic rings. The van der Waals surface area contributed by atoms with Crippen molar-refractivity contribution < 1.29 is 0 Å². The zero-order valence-electron chi connectivity index (χ0n) is 18.7. The molecule has 0 saturated heterocycles. The molecular weight excluding hydrogens is 324 g/mol. The maximum Gasteiger partial charge on any atom is -0.0318 e. The van der Waals surface area contributed by atoms with Crippen LogP contribution in [0.15, 0.2) is 11.1 Å². The Labute approximate surface area is 172 Å². The van der Waals surface area contributed by atoms with Crippen LogP contribution in [0.5, 0.6) is 0 Å². The van der Waals surface area contributed by atoms with E-state index in [0.717, 1.165) is 0 Å². The predicted octanol–water partition coefficient (Wildman–Crippen LogP) is 10.1. The molecule has 0 atom stereocenters. The molecule has 2 saturated carbocycles. The van der Waals surface area contributed by atoms with E-state index in [-0.39, 0.29) is 0 Å². The SMILES string of the molecule is C1CCCCCCCC(=C2CCCCCCCCCCC2)CCCCCC1. The molecule has 0 aromatic heterocycles. The van der Waals surface area contributed by atoms with Gasteiger partial charge in [-0.05, 0) is 51.4 Å². The molecule has 2 fully saturated rings. The van der Waals surface area contributed by atoms with Gasteiger partial charge in [0.05, 0.1) is 0 Å². The minimum Gasteiger partial charge on any atom is -0.0710 e. The van der Waals surface area contributed by atoms with E-state index in [1.807, 2.05) is 11.1 Å². The molecule has 0 radical (unpaired) electrons. The van der Waals surface area contributed by atoms with Crippen LogP contribution in [0.25, 0.3) is 0 Å². The minimum atomic E-state index is 1.44. The fourth-order valence-corrected chi connectivity index (χ4v) is 5.32. The molecule has 0 aromatic carbocycles. The largest absolute Gasteiger partial charge is 0.0710 e. The molecule has 0 nitrogen and oxygen atoms in total. The lowest BCUT2D eigenvalue weighted by molar-refractivity contribution is 0.533. The van der Waals surface area contributed by atoms with Crippen LogP contribution in [0.3, 0.4) is 0 Å². The van der Waals surface area contributed by atoms with Crippen molar-refractivity contribution in [3.05, 3.63) is 11.1 Å². The van der Waals surface area contributed by atoms with Gasteiger partial charge >= 0.3 is 0 Å². The highest BCUT2D eigenvalue weighted by Gasteiger charge is 2.09. The normalized spacial score (nSPS) is 24.9. The van der Waals surface area contributed by atoms with Crippen molar-refractivity contribution in [2.24, 2.45) is 0 Å². The number of hydrogen-bond acceptors (Lipinski definition) is 0. The molecule has 27 heavy (non-hydrogen) atoms. The zero-order chi connectivity index (χ0) is 18.8. The predicted molar refractivity (Wildman–Crippen MR) is 122 cm³/mol. The lowest BCUT2D eigenvalue weighted by Crippen LogP contribution is -1.97. The molecule has 0 bridgehead atoms. The first-order valence-electron chi connectivity index (χ1n) is 13.2. The van der Waals surface area contributed by atoms with Crippen LogP contribution >= 0.6 is 0 Å². The molecule has 158 valence electrons. The van der Waals surface area contributed by atoms with E-state index in [1.165, 1.54) is 161 Å². The summed E-state index contributed by atoms with van der Waals surface area (Å²) in [6.45, 7) is 0. The van der Waals surface area contributed by atoms with Gasteiger partial charge in [-0.25, -0.2) is 0 Å². The molecule has 0 heteroatoms. The fraction of sp³-hybridized carbons (Fsp3) is 0.926. The maximum absolute atomic E-state index is 1.93. The van der Waals surface area contributed by atoms with E-state index in [9.17, 15) is 0 Å². The Balaban J connectivity index is 1.91. The first-order valence-corrected chi connectivity index (χ1v) is 13.2. The molecule has 2 aliphatic rings. The van der Waals surface area contributed by atoms with Gasteiger partial charge in [-0.2, -0.15) is 0 Å². The van der Waals surface area contributed by atoms with Crippen LogP contribution in [-0.4, -0.2) is 0 Å². The molecule has 0 N–H and O–H groups in total. The van der Waals surface area contributed by atoms with Crippen molar-refractivity contribution in [1.82, 2.24) is 0 Å². The Morgan fingerprint density at radius 3 is 0.519 bits per heavy atom. The Morgan fingerprint density at radius 2 is 0.333 bits per heavy atom. The Morgan fingerprint density at radius 1 is 0.185 bits per heavy atom. The van der Waals surface area contributed by atoms with Crippen LogP contribution in [0.2, 0.25) is 0 Å². The van der Waals surface area contributed by atoms with Gasteiger partial charge in [-0.1, -0.05) is 120 Å². The van der Waals surface area contributed by atoms with Gasteiger partial charge in [0.25, 0.3) is 0 Å². The third-order valence-electron chi connectivity index (χ3n) is 7.16. The van der Waals surface area contributed by atoms with Gasteiger partial charge in [-0.15, -0.1) is 0 Å². The summed E-state index contributed by atoms with van der Waals surface area (Å²) >= 11 is 0. The molecule has 2 rings (SSSR count). The fourth-order valence-electron chi connectivity index (χ4n) is 5.32. The average molecular weight is 375 g/mol. The van der Waals surface area contributed by atoms with Gasteiger partial charge in [0.15, 0.2) is 0 Å². The van der Waals surface area contributed by atoms with E-state index in [4.69, 9.17) is 0 Å². The third-order valence-corrected chi connectivity index (χ3v) is 7.16. The van der Waals surface area contributed by atoms with Crippen molar-refractivity contribution in [3.8, 4) is 0 Å². The quantitative estimate of drug-likeness (QED) is 0.370. The molecule has 0 aliphatic heterocycles. The van der Waals surface area contributed by atoms with Gasteiger partial charge < -0.3 is 0 Å². The summed E-state index contributed by atoms with van der Waals surface area (Å²) in [6.07, 6.45) is 37.0. The summed E-state index contributed by atoms with van der Waals surface area (Å²) < 4.78 is 0. The van der Waals surface area contributed by atoms with E-state index < -0.39 is 0 Å². The smallest absolute Gasteiger partial charge is 0.0318 e. The Bertz CT molecular complexity index is 332. The first kappa shape index (κ1) is 23.0. The summed E-state index contributed by atoms with van der Waals surface area (Å²) in [6, 6.07) is 0. The van der Waals surface area contributed by atoms with E-state index in [2.05, 4.69) is 0 Å². The van der Waals surface area contributed by atoms with Crippen molar-refractivity contribution in [1.29, 1.82) is 0 Å². The zero-order valence-corrected chi connectivity index (χ0v) is 18.7. The highest BCUT2D eigenvalue weighted by molar-refractivity contribution is 5.15. The van der Waals surface area contributed by atoms with Crippen LogP contribution in [0, 0.1) is 0 Å². The lowest BCUT2D eigenvalue weighted by atomic mass is 9.89. The maximum atomic E-state index is 1.93. The Hall–Kier alpha value is -0.260. The van der Waals surface area contributed by atoms with E-state index >= 15 is 0 Å². The van der Waals surface area contributed by atoms with Crippen molar-refractivity contribution in [2.75, 3.05) is 0 Å². The van der Waals surface area contributed by atoms with Crippen molar-refractivity contribution in [3.63, 3.8) is 0 Å². The molecule has 0 unspecified atom stereocenters. The molecule has 0 amide bonds. The standard InChI is InChI=1S/C27H50/c1-2-4-7-11-15-19-23-26(22-18-14-10-6-3-1)27-24-20-16-12-8-5-9-13-17-21-25-27/h1-25H2. The summed E-state index contributed by atoms with van der Waals surface area (Å²) in [5.74, 6) is 0. The third kappa shape index (κ3) is 12.0. The molecule has 0 spiro atoms. The van der Waals surface area contributed by atoms with E-state index in [1.54, 1.807) is 0 Å². The molecule has 2 aliphatic carbocycles. The number of rotatable bonds is 0. The average Bonchev–Trinajstić information content (AvgIpc) is 2.68. The number of allylic oxidation sites excluding steroid dienone is 2. The van der Waals surface area contributed by atoms with Gasteiger partial charge in [0.1, 0.15) is 0 Å². The second-order valence-electron chi connectivity index (χ2n) is 9.63. The second-order valence-corrected chi connectivity index (χ2v) is 9.63. The number of hydrogen-bond donors (Lipinski definition) is 0. The first-order chi connectivity index (χ1) is 13.5. The summed E-state index contributed by atoms with van der Waals surface area (Å²) in [5, 5.41) is 0. The van der Waals surface area contributed by atoms with Crippen molar-refractivity contribution >= 4 is 0 Å². The van der Waals surface area contributed by atoms with Crippen LogP contribution in [-0.2, 0) is 0 Å². The highest BCUT2D eigenvalue weighted by atomic mass is 14.2. The van der Waals surface area contributed by atoms with Crippen molar-refractivity contribution in [2.45, 2.75) is 161 Å². The lowest BCUT2D eigenvalue weighted by Gasteiger charge is -2.17. The topological polar surface area (TPSA) is 0 Å². The highest BCUT2D eigenvalue weighted by Crippen LogP contribution is 2.29. The minimum absolute atomic E-state index is 1.44. The van der Waals surface area contributed by atoms with Gasteiger partial charge in [0.2, 0.25) is 0 Å². The van der Waals surface area contributed by atoms with Crippen LogP contribution in [0.4, 0.5) is 0 Å². The summed E-state index contributed by atoms with van der Waals surface area (Å²) in [5.41, 5.74) is 3.86. The van der Waals surface area contributed by atoms with Crippen LogP contribution < -0.4 is 0 Å². The second kappa shape index (κ2) is 16.7. The monoisotopic (exact) mass is 374 g/mol. The summed E-state index contributed by atoms with van der Waals surface area (Å²) in [7, 11) is 0. The Kier molecular flexibility index (Phi) is 14.2. The molecule has 0 heterocycles. The summed E-state index contributed by atoms with van der Waals surface area (Å²) in [4.78, 5) is 0. The molecular formula is C27H50. The van der Waals surface area contributed by atoms with Crippen LogP contribution in [0.1, 0.15) is 161 Å². The van der Waals surface area contributed by atoms with Gasteiger partial charge in [0, 0.05) is 0 Å². The van der Waals surface area contributed by atoms with E-state index in [0.29, 0.717) is 0 Å².